The van der Waals surface area contributed by atoms with Crippen molar-refractivity contribution >= 4 is 11.9 Å². The van der Waals surface area contributed by atoms with Crippen molar-refractivity contribution in [3.63, 3.8) is 0 Å². The molecule has 9 heteroatoms. The number of aromatic nitrogens is 2. The maximum atomic E-state index is 11.6. The number of carbonyl (C=O) groups is 2. The molecule has 0 aromatic carbocycles. The van der Waals surface area contributed by atoms with Gasteiger partial charge in [0.1, 0.15) is 0 Å². The van der Waals surface area contributed by atoms with Gasteiger partial charge in [-0.15, -0.1) is 0 Å². The lowest BCUT2D eigenvalue weighted by Gasteiger charge is -2.21. The van der Waals surface area contributed by atoms with E-state index < -0.39 is 35.1 Å². The van der Waals surface area contributed by atoms with E-state index in [0.29, 0.717) is 0 Å². The van der Waals surface area contributed by atoms with Crippen molar-refractivity contribution in [2.45, 2.75) is 25.4 Å². The largest absolute Gasteiger partial charge is 0.481 e. The molecule has 0 saturated heterocycles. The fourth-order valence-corrected chi connectivity index (χ4v) is 1.53. The van der Waals surface area contributed by atoms with Crippen molar-refractivity contribution in [1.29, 1.82) is 0 Å². The number of hydrogen-bond acceptors (Lipinski definition) is 5. The zero-order chi connectivity index (χ0) is 15.3. The highest BCUT2D eigenvalue weighted by molar-refractivity contribution is 5.78. The molecule has 1 aromatic rings. The highest BCUT2D eigenvalue weighted by Gasteiger charge is 2.24. The summed E-state index contributed by atoms with van der Waals surface area (Å²) in [5.41, 5.74) is -2.81. The van der Waals surface area contributed by atoms with Crippen LogP contribution in [0.25, 0.3) is 0 Å². The normalized spacial score (nSPS) is 13.5. The molecule has 0 bridgehead atoms. The van der Waals surface area contributed by atoms with E-state index in [1.54, 1.807) is 0 Å². The highest BCUT2D eigenvalue weighted by atomic mass is 16.4. The van der Waals surface area contributed by atoms with Crippen molar-refractivity contribution in [3.05, 3.63) is 32.6 Å². The summed E-state index contributed by atoms with van der Waals surface area (Å²) in [6.07, 6.45) is -0.780. The molecule has 110 valence electrons. The number of carboxylic acid groups (broad SMARTS) is 1. The summed E-state index contributed by atoms with van der Waals surface area (Å²) in [7, 11) is 0. The van der Waals surface area contributed by atoms with Crippen LogP contribution in [0.15, 0.2) is 15.7 Å². The average Bonchev–Trinajstić information content (AvgIpc) is 2.23. The summed E-state index contributed by atoms with van der Waals surface area (Å²) in [6.45, 7) is 1.02. The molecule has 0 aliphatic carbocycles. The Morgan fingerprint density at radius 1 is 1.35 bits per heavy atom. The molecule has 0 radical (unpaired) electrons. The van der Waals surface area contributed by atoms with Crippen molar-refractivity contribution in [2.75, 3.05) is 6.54 Å². The third-order valence-corrected chi connectivity index (χ3v) is 2.37. The predicted molar refractivity (Wildman–Crippen MR) is 67.3 cm³/mol. The van der Waals surface area contributed by atoms with Gasteiger partial charge in [-0.05, 0) is 6.92 Å². The van der Waals surface area contributed by atoms with E-state index in [1.807, 2.05) is 4.98 Å². The lowest BCUT2D eigenvalue weighted by atomic mass is 10.0. The quantitative estimate of drug-likeness (QED) is 0.405. The Balaban J connectivity index is 2.58. The van der Waals surface area contributed by atoms with Gasteiger partial charge in [-0.2, -0.15) is 0 Å². The lowest BCUT2D eigenvalue weighted by molar-refractivity contribution is -0.142. The molecular formula is C11H15N3O6. The van der Waals surface area contributed by atoms with E-state index in [2.05, 4.69) is 10.3 Å². The molecule has 0 aliphatic heterocycles. The van der Waals surface area contributed by atoms with Gasteiger partial charge in [0.05, 0.1) is 18.4 Å². The van der Waals surface area contributed by atoms with Crippen LogP contribution in [-0.2, 0) is 16.0 Å². The number of amides is 1. The fraction of sp³-hybridized carbons (Fsp3) is 0.455. The van der Waals surface area contributed by atoms with Crippen LogP contribution in [0.2, 0.25) is 0 Å². The topological polar surface area (TPSA) is 152 Å². The van der Waals surface area contributed by atoms with Gasteiger partial charge in [0.15, 0.2) is 0 Å². The Morgan fingerprint density at radius 2 is 2.00 bits per heavy atom. The smallest absolute Gasteiger partial charge is 0.325 e. The zero-order valence-corrected chi connectivity index (χ0v) is 10.7. The number of aliphatic carboxylic acids is 1. The molecule has 1 aromatic heterocycles. The number of nitrogens with one attached hydrogen (secondary N) is 3. The van der Waals surface area contributed by atoms with E-state index in [4.69, 9.17) is 5.11 Å². The van der Waals surface area contributed by atoms with Gasteiger partial charge in [-0.25, -0.2) is 4.79 Å². The van der Waals surface area contributed by atoms with Crippen LogP contribution in [0.3, 0.4) is 0 Å². The maximum absolute atomic E-state index is 11.6. The standard InChI is InChI=1S/C11H15N3O6/c1-11(20,4-9(17)18)5-12-7(15)2-6-3-8(16)14-10(19)13-6/h3,20H,2,4-5H2,1H3,(H,12,15)(H,17,18)(H2,13,14,16,19). The first-order valence-electron chi connectivity index (χ1n) is 5.71. The minimum absolute atomic E-state index is 0.120. The second-order valence-electron chi connectivity index (χ2n) is 4.63. The third kappa shape index (κ3) is 5.48. The van der Waals surface area contributed by atoms with E-state index in [0.717, 1.165) is 6.07 Å². The number of aromatic amines is 2. The molecule has 1 rings (SSSR count). The van der Waals surface area contributed by atoms with Crippen LogP contribution >= 0.6 is 0 Å². The van der Waals surface area contributed by atoms with Gasteiger partial charge < -0.3 is 20.5 Å². The van der Waals surface area contributed by atoms with Gasteiger partial charge >= 0.3 is 11.7 Å². The Morgan fingerprint density at radius 3 is 2.55 bits per heavy atom. The molecule has 1 heterocycles. The van der Waals surface area contributed by atoms with Gasteiger partial charge in [-0.1, -0.05) is 0 Å². The summed E-state index contributed by atoms with van der Waals surface area (Å²) in [5, 5.41) is 20.6. The molecular weight excluding hydrogens is 270 g/mol. The van der Waals surface area contributed by atoms with Gasteiger partial charge in [0.2, 0.25) is 5.91 Å². The van der Waals surface area contributed by atoms with Crippen molar-refractivity contribution in [2.24, 2.45) is 0 Å². The van der Waals surface area contributed by atoms with Gasteiger partial charge in [0, 0.05) is 18.3 Å². The molecule has 1 unspecified atom stereocenters. The molecule has 0 aliphatic rings. The molecule has 20 heavy (non-hydrogen) atoms. The van der Waals surface area contributed by atoms with Crippen LogP contribution in [0.5, 0.6) is 0 Å². The van der Waals surface area contributed by atoms with Crippen molar-refractivity contribution in [1.82, 2.24) is 15.3 Å². The molecule has 0 fully saturated rings. The SMILES string of the molecule is CC(O)(CNC(=O)Cc1cc(=O)[nH]c(=O)[nH]1)CC(=O)O. The van der Waals surface area contributed by atoms with Crippen molar-refractivity contribution < 1.29 is 19.8 Å². The number of H-pyrrole nitrogens is 2. The summed E-state index contributed by atoms with van der Waals surface area (Å²) >= 11 is 0. The third-order valence-electron chi connectivity index (χ3n) is 2.37. The zero-order valence-electron chi connectivity index (χ0n) is 10.7. The number of rotatable bonds is 6. The fourth-order valence-electron chi connectivity index (χ4n) is 1.53. The van der Waals surface area contributed by atoms with Crippen LogP contribution in [0, 0.1) is 0 Å². The first-order chi connectivity index (χ1) is 9.18. The molecule has 1 atom stereocenters. The van der Waals surface area contributed by atoms with Crippen molar-refractivity contribution in [3.8, 4) is 0 Å². The Bertz CT molecular complexity index is 587. The molecule has 9 nitrogen and oxygen atoms in total. The van der Waals surface area contributed by atoms with Crippen LogP contribution in [0.1, 0.15) is 19.0 Å². The minimum Gasteiger partial charge on any atom is -0.481 e. The molecule has 0 spiro atoms. The predicted octanol–water partition coefficient (Wildman–Crippen LogP) is -2.05. The lowest BCUT2D eigenvalue weighted by Crippen LogP contribution is -2.42. The number of carboxylic acids is 1. The average molecular weight is 285 g/mol. The van der Waals surface area contributed by atoms with Gasteiger partial charge in [0.25, 0.3) is 5.56 Å². The van der Waals surface area contributed by atoms with E-state index in [1.165, 1.54) is 6.92 Å². The Kier molecular flexibility index (Phi) is 4.81. The van der Waals surface area contributed by atoms with Crippen LogP contribution in [-0.4, -0.2) is 44.2 Å². The van der Waals surface area contributed by atoms with E-state index in [-0.39, 0.29) is 18.7 Å². The number of carbonyl (C=O) groups excluding carboxylic acids is 1. The highest BCUT2D eigenvalue weighted by Crippen LogP contribution is 2.07. The molecule has 1 amide bonds. The summed E-state index contributed by atoms with van der Waals surface area (Å²) in [6, 6.07) is 1.07. The Hall–Kier alpha value is -2.42. The van der Waals surface area contributed by atoms with Crippen LogP contribution in [0.4, 0.5) is 0 Å². The van der Waals surface area contributed by atoms with Gasteiger partial charge in [-0.3, -0.25) is 19.4 Å². The number of aliphatic hydroxyl groups is 1. The second kappa shape index (κ2) is 6.15. The Labute approximate surface area is 112 Å². The monoisotopic (exact) mass is 285 g/mol. The van der Waals surface area contributed by atoms with Crippen LogP contribution < -0.4 is 16.6 Å². The molecule has 5 N–H and O–H groups in total. The number of hydrogen-bond donors (Lipinski definition) is 5. The maximum Gasteiger partial charge on any atom is 0.325 e. The molecule has 0 saturated carbocycles. The second-order valence-corrected chi connectivity index (χ2v) is 4.63. The first-order valence-corrected chi connectivity index (χ1v) is 5.71. The summed E-state index contributed by atoms with van der Waals surface area (Å²) in [5.74, 6) is -1.75. The first kappa shape index (κ1) is 15.6. The summed E-state index contributed by atoms with van der Waals surface area (Å²) < 4.78 is 0. The van der Waals surface area contributed by atoms with E-state index >= 15 is 0 Å². The summed E-state index contributed by atoms with van der Waals surface area (Å²) in [4.78, 5) is 48.3. The van der Waals surface area contributed by atoms with E-state index in [9.17, 15) is 24.3 Å². The minimum atomic E-state index is -1.58.